The zero-order valence-corrected chi connectivity index (χ0v) is 14.4. The molecule has 0 aliphatic heterocycles. The summed E-state index contributed by atoms with van der Waals surface area (Å²) in [5.41, 5.74) is 0.999. The number of rotatable bonds is 8. The highest BCUT2D eigenvalue weighted by Gasteiger charge is 2.17. The molecule has 0 spiro atoms. The van der Waals surface area contributed by atoms with E-state index >= 15 is 0 Å². The smallest absolute Gasteiger partial charge is 0.298 e. The average molecular weight is 350 g/mol. The van der Waals surface area contributed by atoms with Gasteiger partial charge in [-0.1, -0.05) is 44.4 Å². The van der Waals surface area contributed by atoms with E-state index in [4.69, 9.17) is 4.74 Å². The zero-order valence-electron chi connectivity index (χ0n) is 13.6. The number of unbranched alkanes of at least 4 members (excludes halogenated alkanes) is 3. The molecular weight excluding hydrogens is 328 g/mol. The number of phenolic OH excluding ortho intramolecular Hbond substituents is 1. The summed E-state index contributed by atoms with van der Waals surface area (Å²) in [6.07, 6.45) is 5.44. The van der Waals surface area contributed by atoms with Gasteiger partial charge in [-0.05, 0) is 42.7 Å². The molecule has 0 unspecified atom stereocenters. The molecule has 5 nitrogen and oxygen atoms in total. The third-order valence-corrected chi connectivity index (χ3v) is 4.58. The lowest BCUT2D eigenvalue weighted by Gasteiger charge is -2.11. The number of para-hydroxylation sites is 1. The van der Waals surface area contributed by atoms with E-state index in [1.165, 1.54) is 31.0 Å². The standard InChI is InChI=1S/C18H22O5S/c1-2-3-4-5-8-14-11-12-16(15(19)13-14)23-17-9-6-7-10-18(17)24(20,21)22/h6-7,9-13,19H,2-5,8H2,1H3,(H,20,21,22). The lowest BCUT2D eigenvalue weighted by molar-refractivity contribution is 0.401. The Hall–Kier alpha value is -2.05. The SMILES string of the molecule is CCCCCCc1ccc(Oc2ccccc2S(=O)(=O)O)c(O)c1. The van der Waals surface area contributed by atoms with Crippen molar-refractivity contribution in [1.82, 2.24) is 0 Å². The Morgan fingerprint density at radius 3 is 2.42 bits per heavy atom. The molecule has 130 valence electrons. The van der Waals surface area contributed by atoms with Crippen molar-refractivity contribution < 1.29 is 22.8 Å². The van der Waals surface area contributed by atoms with Gasteiger partial charge in [0.2, 0.25) is 0 Å². The highest BCUT2D eigenvalue weighted by Crippen LogP contribution is 2.34. The van der Waals surface area contributed by atoms with Crippen molar-refractivity contribution in [3.63, 3.8) is 0 Å². The van der Waals surface area contributed by atoms with Gasteiger partial charge in [-0.2, -0.15) is 8.42 Å². The molecule has 2 N–H and O–H groups in total. The molecule has 2 aromatic rings. The minimum absolute atomic E-state index is 0.0361. The third-order valence-electron chi connectivity index (χ3n) is 3.69. The van der Waals surface area contributed by atoms with Crippen molar-refractivity contribution in [1.29, 1.82) is 0 Å². The maximum atomic E-state index is 11.4. The highest BCUT2D eigenvalue weighted by atomic mass is 32.2. The molecule has 0 aliphatic rings. The largest absolute Gasteiger partial charge is 0.504 e. The number of hydrogen-bond acceptors (Lipinski definition) is 4. The summed E-state index contributed by atoms with van der Waals surface area (Å²) in [5.74, 6) is 0.0440. The topological polar surface area (TPSA) is 83.8 Å². The van der Waals surface area contributed by atoms with Crippen molar-refractivity contribution >= 4 is 10.1 Å². The van der Waals surface area contributed by atoms with Gasteiger partial charge < -0.3 is 9.84 Å². The molecule has 2 rings (SSSR count). The Labute approximate surface area is 142 Å². The number of aryl methyl sites for hydroxylation is 1. The first-order valence-corrected chi connectivity index (χ1v) is 9.42. The summed E-state index contributed by atoms with van der Waals surface area (Å²) >= 11 is 0. The number of phenols is 1. The Morgan fingerprint density at radius 1 is 1.00 bits per heavy atom. The molecule has 0 bridgehead atoms. The van der Waals surface area contributed by atoms with Crippen LogP contribution in [0.2, 0.25) is 0 Å². The van der Waals surface area contributed by atoms with E-state index in [0.717, 1.165) is 24.8 Å². The number of ether oxygens (including phenoxy) is 1. The summed E-state index contributed by atoms with van der Waals surface area (Å²) in [6.45, 7) is 2.16. The molecule has 0 aliphatic carbocycles. The molecule has 24 heavy (non-hydrogen) atoms. The van der Waals surface area contributed by atoms with Crippen molar-refractivity contribution in [2.45, 2.75) is 43.9 Å². The monoisotopic (exact) mass is 350 g/mol. The van der Waals surface area contributed by atoms with Crippen LogP contribution in [0.3, 0.4) is 0 Å². The van der Waals surface area contributed by atoms with E-state index in [1.54, 1.807) is 18.2 Å². The normalized spacial score (nSPS) is 11.4. The van der Waals surface area contributed by atoms with Crippen LogP contribution in [0.4, 0.5) is 0 Å². The van der Waals surface area contributed by atoms with Crippen molar-refractivity contribution in [3.05, 3.63) is 48.0 Å². The molecule has 0 heterocycles. The second kappa shape index (κ2) is 8.17. The van der Waals surface area contributed by atoms with E-state index in [9.17, 15) is 18.1 Å². The minimum atomic E-state index is -4.40. The second-order valence-electron chi connectivity index (χ2n) is 5.64. The maximum absolute atomic E-state index is 11.4. The van der Waals surface area contributed by atoms with Gasteiger partial charge in [0.05, 0.1) is 0 Å². The van der Waals surface area contributed by atoms with E-state index in [1.807, 2.05) is 6.07 Å². The Balaban J connectivity index is 2.14. The van der Waals surface area contributed by atoms with Crippen LogP contribution in [0.25, 0.3) is 0 Å². The van der Waals surface area contributed by atoms with Crippen LogP contribution >= 0.6 is 0 Å². The van der Waals surface area contributed by atoms with E-state index in [0.29, 0.717) is 0 Å². The molecule has 0 amide bonds. The summed E-state index contributed by atoms with van der Waals surface area (Å²) in [6, 6.07) is 10.8. The zero-order chi connectivity index (χ0) is 17.6. The second-order valence-corrected chi connectivity index (χ2v) is 7.03. The molecule has 0 fully saturated rings. The van der Waals surface area contributed by atoms with Crippen molar-refractivity contribution in [2.24, 2.45) is 0 Å². The van der Waals surface area contributed by atoms with Crippen LogP contribution in [0.15, 0.2) is 47.4 Å². The van der Waals surface area contributed by atoms with Gasteiger partial charge >= 0.3 is 0 Å². The average Bonchev–Trinajstić information content (AvgIpc) is 2.53. The summed E-state index contributed by atoms with van der Waals surface area (Å²) in [5, 5.41) is 10.1. The molecule has 0 saturated heterocycles. The van der Waals surface area contributed by atoms with Gasteiger partial charge in [0.1, 0.15) is 10.6 Å². The Kier molecular flexibility index (Phi) is 6.23. The lowest BCUT2D eigenvalue weighted by atomic mass is 10.1. The predicted octanol–water partition coefficient (Wildman–Crippen LogP) is 4.55. The number of hydrogen-bond donors (Lipinski definition) is 2. The summed E-state index contributed by atoms with van der Waals surface area (Å²) in [7, 11) is -4.40. The van der Waals surface area contributed by atoms with Crippen LogP contribution in [-0.4, -0.2) is 18.1 Å². The van der Waals surface area contributed by atoms with E-state index < -0.39 is 10.1 Å². The first-order valence-electron chi connectivity index (χ1n) is 7.98. The van der Waals surface area contributed by atoms with Crippen LogP contribution in [0.5, 0.6) is 17.2 Å². The van der Waals surface area contributed by atoms with Crippen LogP contribution < -0.4 is 4.74 Å². The first kappa shape index (κ1) is 18.3. The quantitative estimate of drug-likeness (QED) is 0.539. The molecule has 0 aromatic heterocycles. The fourth-order valence-corrected chi connectivity index (χ4v) is 3.04. The Morgan fingerprint density at radius 2 is 1.75 bits per heavy atom. The number of benzene rings is 2. The summed E-state index contributed by atoms with van der Waals surface area (Å²) in [4.78, 5) is -0.340. The molecular formula is C18H22O5S. The van der Waals surface area contributed by atoms with Crippen LogP contribution in [-0.2, 0) is 16.5 Å². The Bertz CT molecular complexity index is 784. The highest BCUT2D eigenvalue weighted by molar-refractivity contribution is 7.86. The fourth-order valence-electron chi connectivity index (χ4n) is 2.43. The molecule has 6 heteroatoms. The number of aromatic hydroxyl groups is 1. The van der Waals surface area contributed by atoms with Gasteiger partial charge in [0.25, 0.3) is 10.1 Å². The van der Waals surface area contributed by atoms with Gasteiger partial charge in [-0.25, -0.2) is 0 Å². The van der Waals surface area contributed by atoms with Crippen LogP contribution in [0.1, 0.15) is 38.2 Å². The van der Waals surface area contributed by atoms with Crippen molar-refractivity contribution in [3.8, 4) is 17.2 Å². The molecule has 0 radical (unpaired) electrons. The summed E-state index contributed by atoms with van der Waals surface area (Å²) < 4.78 is 37.4. The van der Waals surface area contributed by atoms with Crippen molar-refractivity contribution in [2.75, 3.05) is 0 Å². The van der Waals surface area contributed by atoms with Gasteiger partial charge in [-0.3, -0.25) is 4.55 Å². The molecule has 0 atom stereocenters. The fraction of sp³-hybridized carbons (Fsp3) is 0.333. The predicted molar refractivity (Wildman–Crippen MR) is 92.3 cm³/mol. The van der Waals surface area contributed by atoms with Crippen LogP contribution in [0, 0.1) is 0 Å². The minimum Gasteiger partial charge on any atom is -0.504 e. The van der Waals surface area contributed by atoms with Gasteiger partial charge in [0.15, 0.2) is 11.5 Å². The molecule has 0 saturated carbocycles. The third kappa shape index (κ3) is 4.97. The van der Waals surface area contributed by atoms with Gasteiger partial charge in [-0.15, -0.1) is 0 Å². The lowest BCUT2D eigenvalue weighted by Crippen LogP contribution is -2.01. The van der Waals surface area contributed by atoms with E-state index in [-0.39, 0.29) is 22.1 Å². The maximum Gasteiger partial charge on any atom is 0.298 e. The van der Waals surface area contributed by atoms with Gasteiger partial charge in [0, 0.05) is 0 Å². The first-order chi connectivity index (χ1) is 11.4. The molecule has 2 aromatic carbocycles. The van der Waals surface area contributed by atoms with E-state index in [2.05, 4.69) is 6.92 Å².